The van der Waals surface area contributed by atoms with Gasteiger partial charge < -0.3 is 18.9 Å². The number of carbonyl (C=O) groups is 1. The molecule has 1 atom stereocenters. The van der Waals surface area contributed by atoms with Crippen molar-refractivity contribution in [2.24, 2.45) is 0 Å². The molecular weight excluding hydrogens is 436 g/mol. The highest BCUT2D eigenvalue weighted by Gasteiger charge is 2.36. The molecule has 1 fully saturated rings. The van der Waals surface area contributed by atoms with Gasteiger partial charge in [-0.2, -0.15) is 20.0 Å². The summed E-state index contributed by atoms with van der Waals surface area (Å²) in [6, 6.07) is 10.8. The molecule has 1 aliphatic rings. The minimum atomic E-state index is -0.329. The fourth-order valence-corrected chi connectivity index (χ4v) is 4.30. The lowest BCUT2D eigenvalue weighted by atomic mass is 10.1. The normalized spacial score (nSPS) is 15.5. The van der Waals surface area contributed by atoms with E-state index in [0.717, 1.165) is 18.4 Å². The first-order chi connectivity index (χ1) is 16.6. The van der Waals surface area contributed by atoms with E-state index >= 15 is 0 Å². The monoisotopic (exact) mass is 460 g/mol. The number of hydrogen-bond donors (Lipinski definition) is 0. The third kappa shape index (κ3) is 3.76. The van der Waals surface area contributed by atoms with Crippen molar-refractivity contribution < 1.29 is 18.8 Å². The van der Waals surface area contributed by atoms with Crippen LogP contribution < -0.4 is 9.47 Å². The van der Waals surface area contributed by atoms with Crippen LogP contribution in [0.15, 0.2) is 53.3 Å². The van der Waals surface area contributed by atoms with Crippen molar-refractivity contribution in [1.82, 2.24) is 30.0 Å². The van der Waals surface area contributed by atoms with Crippen molar-refractivity contribution in [3.05, 3.63) is 65.8 Å². The number of para-hydroxylation sites is 1. The third-order valence-corrected chi connectivity index (χ3v) is 5.90. The Labute approximate surface area is 196 Å². The van der Waals surface area contributed by atoms with Crippen molar-refractivity contribution in [3.63, 3.8) is 0 Å². The predicted octanol–water partition coefficient (Wildman–Crippen LogP) is 3.62. The third-order valence-electron chi connectivity index (χ3n) is 5.90. The van der Waals surface area contributed by atoms with Crippen molar-refractivity contribution in [2.45, 2.75) is 25.8 Å². The Morgan fingerprint density at radius 3 is 2.71 bits per heavy atom. The van der Waals surface area contributed by atoms with Crippen molar-refractivity contribution in [1.29, 1.82) is 0 Å². The van der Waals surface area contributed by atoms with Gasteiger partial charge in [0.15, 0.2) is 11.5 Å². The second kappa shape index (κ2) is 8.97. The van der Waals surface area contributed by atoms with E-state index in [0.29, 0.717) is 46.6 Å². The Bertz CT molecular complexity index is 1320. The Morgan fingerprint density at radius 1 is 1.12 bits per heavy atom. The molecule has 2 aromatic carbocycles. The van der Waals surface area contributed by atoms with Gasteiger partial charge in [-0.3, -0.25) is 4.79 Å². The number of hydrogen-bond acceptors (Lipinski definition) is 8. The van der Waals surface area contributed by atoms with Gasteiger partial charge >= 0.3 is 0 Å². The maximum Gasteiger partial charge on any atom is 0.256 e. The first-order valence-corrected chi connectivity index (χ1v) is 10.9. The summed E-state index contributed by atoms with van der Waals surface area (Å²) >= 11 is 0. The average molecular weight is 460 g/mol. The highest BCUT2D eigenvalue weighted by molar-refractivity contribution is 5.98. The molecule has 0 spiro atoms. The SMILES string of the molecule is COc1cccc(-c2noc([C@@H]3CCCN3C(=O)c3cc(C)ccc3-n3nccn3)n2)c1OC. The van der Waals surface area contributed by atoms with Crippen LogP contribution in [-0.2, 0) is 0 Å². The molecule has 1 aliphatic heterocycles. The van der Waals surface area contributed by atoms with E-state index in [1.807, 2.05) is 37.3 Å². The molecule has 174 valence electrons. The van der Waals surface area contributed by atoms with Gasteiger partial charge in [0, 0.05) is 6.54 Å². The van der Waals surface area contributed by atoms with Gasteiger partial charge in [-0.05, 0) is 44.0 Å². The van der Waals surface area contributed by atoms with Gasteiger partial charge in [-0.15, -0.1) is 0 Å². The van der Waals surface area contributed by atoms with Gasteiger partial charge in [-0.25, -0.2) is 0 Å². The molecule has 0 radical (unpaired) electrons. The molecule has 0 N–H and O–H groups in total. The predicted molar refractivity (Wildman–Crippen MR) is 122 cm³/mol. The molecule has 3 heterocycles. The molecular formula is C24H24N6O4. The largest absolute Gasteiger partial charge is 0.493 e. The number of rotatable bonds is 6. The standard InChI is InChI=1S/C24H24N6O4/c1-15-9-10-18(30-25-11-12-26-30)17(14-15)24(31)29-13-5-7-19(29)23-27-22(28-34-23)16-6-4-8-20(32-2)21(16)33-3/h4,6,8-12,14,19H,5,7,13H2,1-3H3/t19-/m0/s1. The lowest BCUT2D eigenvalue weighted by molar-refractivity contribution is 0.0709. The molecule has 10 heteroatoms. The van der Waals surface area contributed by atoms with Gasteiger partial charge in [0.05, 0.1) is 43.4 Å². The number of benzene rings is 2. The van der Waals surface area contributed by atoms with Crippen LogP contribution in [0.4, 0.5) is 0 Å². The second-order valence-electron chi connectivity index (χ2n) is 7.99. The van der Waals surface area contributed by atoms with Gasteiger partial charge in [-0.1, -0.05) is 22.9 Å². The van der Waals surface area contributed by atoms with E-state index in [9.17, 15) is 4.79 Å². The van der Waals surface area contributed by atoms with Crippen molar-refractivity contribution in [2.75, 3.05) is 20.8 Å². The summed E-state index contributed by atoms with van der Waals surface area (Å²) in [6.45, 7) is 2.54. The summed E-state index contributed by atoms with van der Waals surface area (Å²) in [6.07, 6.45) is 4.72. The molecule has 1 amide bonds. The minimum Gasteiger partial charge on any atom is -0.493 e. The molecule has 0 unspecified atom stereocenters. The van der Waals surface area contributed by atoms with Crippen LogP contribution in [0.1, 0.15) is 40.7 Å². The van der Waals surface area contributed by atoms with E-state index < -0.39 is 0 Å². The van der Waals surface area contributed by atoms with Gasteiger partial charge in [0.2, 0.25) is 11.7 Å². The highest BCUT2D eigenvalue weighted by Crippen LogP contribution is 2.38. The molecule has 4 aromatic rings. The summed E-state index contributed by atoms with van der Waals surface area (Å²) < 4.78 is 16.5. The molecule has 0 bridgehead atoms. The van der Waals surface area contributed by atoms with Gasteiger partial charge in [0.25, 0.3) is 5.91 Å². The first-order valence-electron chi connectivity index (χ1n) is 10.9. The lowest BCUT2D eigenvalue weighted by Crippen LogP contribution is -2.31. The number of ether oxygens (including phenoxy) is 2. The minimum absolute atomic E-state index is 0.128. The Balaban J connectivity index is 1.48. The van der Waals surface area contributed by atoms with E-state index in [1.165, 1.54) is 4.80 Å². The van der Waals surface area contributed by atoms with Crippen LogP contribution >= 0.6 is 0 Å². The highest BCUT2D eigenvalue weighted by atomic mass is 16.5. The maximum absolute atomic E-state index is 13.7. The van der Waals surface area contributed by atoms with Crippen molar-refractivity contribution in [3.8, 4) is 28.6 Å². The number of carbonyl (C=O) groups excluding carboxylic acids is 1. The van der Waals surface area contributed by atoms with E-state index in [-0.39, 0.29) is 11.9 Å². The maximum atomic E-state index is 13.7. The summed E-state index contributed by atoms with van der Waals surface area (Å²) in [5.74, 6) is 1.73. The summed E-state index contributed by atoms with van der Waals surface area (Å²) in [5, 5.41) is 12.6. The molecule has 34 heavy (non-hydrogen) atoms. The number of aromatic nitrogens is 5. The quantitative estimate of drug-likeness (QED) is 0.429. The number of aryl methyl sites for hydroxylation is 1. The molecule has 5 rings (SSSR count). The molecule has 1 saturated heterocycles. The lowest BCUT2D eigenvalue weighted by Gasteiger charge is -2.23. The number of likely N-dealkylation sites (tertiary alicyclic amines) is 1. The molecule has 10 nitrogen and oxygen atoms in total. The zero-order valence-electron chi connectivity index (χ0n) is 19.1. The number of amides is 1. The first kappa shape index (κ1) is 21.6. The van der Waals surface area contributed by atoms with Crippen molar-refractivity contribution >= 4 is 5.91 Å². The van der Waals surface area contributed by atoms with Crippen LogP contribution in [-0.4, -0.2) is 56.7 Å². The van der Waals surface area contributed by atoms with E-state index in [4.69, 9.17) is 14.0 Å². The summed E-state index contributed by atoms with van der Waals surface area (Å²) in [5.41, 5.74) is 2.77. The Hall–Kier alpha value is -4.21. The number of methoxy groups -OCH3 is 2. The zero-order valence-corrected chi connectivity index (χ0v) is 19.1. The van der Waals surface area contributed by atoms with E-state index in [2.05, 4.69) is 20.3 Å². The topological polar surface area (TPSA) is 108 Å². The fraction of sp³-hybridized carbons (Fsp3) is 0.292. The molecule has 0 aliphatic carbocycles. The van der Waals surface area contributed by atoms with Crippen LogP contribution in [0.25, 0.3) is 17.1 Å². The second-order valence-corrected chi connectivity index (χ2v) is 7.99. The van der Waals surface area contributed by atoms with Gasteiger partial charge in [0.1, 0.15) is 6.04 Å². The van der Waals surface area contributed by atoms with Crippen LogP contribution in [0.5, 0.6) is 11.5 Å². The van der Waals surface area contributed by atoms with E-state index in [1.54, 1.807) is 37.6 Å². The van der Waals surface area contributed by atoms with Crippen LogP contribution in [0, 0.1) is 6.92 Å². The fourth-order valence-electron chi connectivity index (χ4n) is 4.30. The molecule has 2 aromatic heterocycles. The Kier molecular flexibility index (Phi) is 5.70. The smallest absolute Gasteiger partial charge is 0.256 e. The molecule has 0 saturated carbocycles. The van der Waals surface area contributed by atoms with Crippen LogP contribution in [0.2, 0.25) is 0 Å². The number of nitrogens with zero attached hydrogens (tertiary/aromatic N) is 6. The summed E-state index contributed by atoms with van der Waals surface area (Å²) in [4.78, 5) is 21.6. The summed E-state index contributed by atoms with van der Waals surface area (Å²) in [7, 11) is 3.14. The average Bonchev–Trinajstić information content (AvgIpc) is 3.64. The van der Waals surface area contributed by atoms with Crippen LogP contribution in [0.3, 0.4) is 0 Å². The Morgan fingerprint density at radius 2 is 1.94 bits per heavy atom. The zero-order chi connectivity index (χ0) is 23.7.